The van der Waals surface area contributed by atoms with E-state index >= 15 is 0 Å². The first-order valence-corrected chi connectivity index (χ1v) is 9.81. The average molecular weight is 510 g/mol. The van der Waals surface area contributed by atoms with Crippen molar-refractivity contribution >= 4 is 29.9 Å². The second-order valence-corrected chi connectivity index (χ2v) is 6.93. The van der Waals surface area contributed by atoms with Gasteiger partial charge >= 0.3 is 6.61 Å². The number of benzene rings is 1. The first-order chi connectivity index (χ1) is 13.1. The summed E-state index contributed by atoms with van der Waals surface area (Å²) in [5.74, 6) is 0.847. The van der Waals surface area contributed by atoms with Crippen molar-refractivity contribution in [2.45, 2.75) is 58.2 Å². The van der Waals surface area contributed by atoms with Crippen molar-refractivity contribution in [2.75, 3.05) is 26.7 Å². The van der Waals surface area contributed by atoms with E-state index in [1.54, 1.807) is 31.3 Å². The van der Waals surface area contributed by atoms with Gasteiger partial charge < -0.3 is 20.3 Å². The van der Waals surface area contributed by atoms with E-state index in [0.717, 1.165) is 25.9 Å². The molecule has 1 saturated heterocycles. The van der Waals surface area contributed by atoms with Gasteiger partial charge in [0.05, 0.1) is 0 Å². The Morgan fingerprint density at radius 1 is 1.25 bits per heavy atom. The summed E-state index contributed by atoms with van der Waals surface area (Å²) in [4.78, 5) is 6.77. The highest BCUT2D eigenvalue weighted by Gasteiger charge is 2.17. The monoisotopic (exact) mass is 510 g/mol. The Kier molecular flexibility index (Phi) is 12.4. The smallest absolute Gasteiger partial charge is 0.387 e. The van der Waals surface area contributed by atoms with E-state index in [1.807, 2.05) is 0 Å². The van der Waals surface area contributed by atoms with Gasteiger partial charge in [0.25, 0.3) is 0 Å². The molecule has 8 heteroatoms. The van der Waals surface area contributed by atoms with Crippen LogP contribution in [0.15, 0.2) is 29.3 Å². The maximum absolute atomic E-state index is 12.5. The molecule has 0 radical (unpaired) electrons. The number of ether oxygens (including phenoxy) is 1. The molecule has 1 fully saturated rings. The minimum absolute atomic E-state index is 0. The number of aliphatic imine (C=N–C) groups is 1. The van der Waals surface area contributed by atoms with Crippen molar-refractivity contribution in [2.24, 2.45) is 4.99 Å². The second-order valence-electron chi connectivity index (χ2n) is 6.93. The molecule has 1 heterocycles. The van der Waals surface area contributed by atoms with Crippen molar-refractivity contribution in [1.29, 1.82) is 0 Å². The third-order valence-electron chi connectivity index (χ3n) is 4.96. The molecule has 1 aliphatic rings. The number of hydrogen-bond donors (Lipinski definition) is 2. The molecule has 0 aromatic heterocycles. The summed E-state index contributed by atoms with van der Waals surface area (Å²) in [5.41, 5.74) is 0.667. The van der Waals surface area contributed by atoms with Crippen LogP contribution in [0.2, 0.25) is 0 Å². The molecular formula is C20H33F2IN4O. The van der Waals surface area contributed by atoms with Gasteiger partial charge in [0.15, 0.2) is 5.96 Å². The van der Waals surface area contributed by atoms with Gasteiger partial charge in [0.1, 0.15) is 5.75 Å². The maximum Gasteiger partial charge on any atom is 0.387 e. The van der Waals surface area contributed by atoms with E-state index in [2.05, 4.69) is 32.2 Å². The van der Waals surface area contributed by atoms with Crippen LogP contribution in [0.4, 0.5) is 8.78 Å². The van der Waals surface area contributed by atoms with Gasteiger partial charge in [-0.05, 0) is 51.8 Å². The van der Waals surface area contributed by atoms with Crippen LogP contribution in [0, 0.1) is 0 Å². The molecule has 0 spiro atoms. The molecule has 5 nitrogen and oxygen atoms in total. The highest BCUT2D eigenvalue weighted by molar-refractivity contribution is 14.0. The van der Waals surface area contributed by atoms with E-state index in [0.29, 0.717) is 24.1 Å². The van der Waals surface area contributed by atoms with E-state index in [1.165, 1.54) is 25.8 Å². The second kappa shape index (κ2) is 13.9. The number of likely N-dealkylation sites (tertiary alicyclic amines) is 1. The lowest BCUT2D eigenvalue weighted by Crippen LogP contribution is -2.39. The van der Waals surface area contributed by atoms with Crippen molar-refractivity contribution < 1.29 is 13.5 Å². The van der Waals surface area contributed by atoms with E-state index in [4.69, 9.17) is 0 Å². The van der Waals surface area contributed by atoms with Crippen LogP contribution in [0.1, 0.15) is 44.6 Å². The van der Waals surface area contributed by atoms with Crippen molar-refractivity contribution in [1.82, 2.24) is 15.5 Å². The molecule has 0 amide bonds. The molecule has 1 aromatic rings. The van der Waals surface area contributed by atoms with Gasteiger partial charge in [-0.1, -0.05) is 24.6 Å². The van der Waals surface area contributed by atoms with Gasteiger partial charge in [-0.15, -0.1) is 24.0 Å². The number of para-hydroxylation sites is 1. The molecule has 0 bridgehead atoms. The van der Waals surface area contributed by atoms with Crippen molar-refractivity contribution in [3.8, 4) is 5.75 Å². The first-order valence-electron chi connectivity index (χ1n) is 9.81. The normalized spacial score (nSPS) is 17.9. The number of hydrogen-bond acceptors (Lipinski definition) is 3. The molecule has 1 unspecified atom stereocenters. The fraction of sp³-hybridized carbons (Fsp3) is 0.650. The largest absolute Gasteiger partial charge is 0.434 e. The summed E-state index contributed by atoms with van der Waals surface area (Å²) >= 11 is 0. The van der Waals surface area contributed by atoms with E-state index in [9.17, 15) is 8.78 Å². The van der Waals surface area contributed by atoms with Crippen LogP contribution >= 0.6 is 24.0 Å². The number of nitrogens with one attached hydrogen (secondary N) is 2. The van der Waals surface area contributed by atoms with Gasteiger partial charge in [-0.2, -0.15) is 8.78 Å². The highest BCUT2D eigenvalue weighted by atomic mass is 127. The summed E-state index contributed by atoms with van der Waals surface area (Å²) in [6.07, 6.45) is 6.20. The zero-order chi connectivity index (χ0) is 19.5. The third kappa shape index (κ3) is 8.89. The molecule has 0 aliphatic carbocycles. The Morgan fingerprint density at radius 3 is 2.75 bits per heavy atom. The topological polar surface area (TPSA) is 48.9 Å². The lowest BCUT2D eigenvalue weighted by molar-refractivity contribution is -0.0504. The number of halogens is 3. The molecule has 2 N–H and O–H groups in total. The lowest BCUT2D eigenvalue weighted by Gasteiger charge is -2.33. The highest BCUT2D eigenvalue weighted by Crippen LogP contribution is 2.20. The van der Waals surface area contributed by atoms with Crippen molar-refractivity contribution in [3.63, 3.8) is 0 Å². The number of rotatable bonds is 9. The van der Waals surface area contributed by atoms with Crippen LogP contribution in [-0.2, 0) is 6.54 Å². The minimum atomic E-state index is -2.83. The number of alkyl halides is 2. The Morgan fingerprint density at radius 2 is 2.04 bits per heavy atom. The lowest BCUT2D eigenvalue weighted by atomic mass is 10.0. The predicted molar refractivity (Wildman–Crippen MR) is 121 cm³/mol. The minimum Gasteiger partial charge on any atom is -0.434 e. The zero-order valence-corrected chi connectivity index (χ0v) is 19.1. The molecule has 1 aromatic carbocycles. The third-order valence-corrected chi connectivity index (χ3v) is 4.96. The molecular weight excluding hydrogens is 477 g/mol. The molecule has 160 valence electrons. The van der Waals surface area contributed by atoms with Gasteiger partial charge in [0, 0.05) is 31.7 Å². The maximum atomic E-state index is 12.5. The number of unbranched alkanes of at least 4 members (excludes halogenated alkanes) is 1. The molecule has 28 heavy (non-hydrogen) atoms. The Hall–Kier alpha value is -1.16. The molecule has 0 saturated carbocycles. The van der Waals surface area contributed by atoms with E-state index in [-0.39, 0.29) is 29.7 Å². The van der Waals surface area contributed by atoms with Crippen LogP contribution in [-0.4, -0.2) is 50.2 Å². The molecule has 1 aliphatic heterocycles. The number of guanidine groups is 1. The van der Waals surface area contributed by atoms with Gasteiger partial charge in [-0.25, -0.2) is 0 Å². The van der Waals surface area contributed by atoms with Crippen molar-refractivity contribution in [3.05, 3.63) is 29.8 Å². The SMILES string of the molecule is CN=C(NCCCCN1CCCCC1C)NCc1ccccc1OC(F)F.I. The van der Waals surface area contributed by atoms with Crippen LogP contribution in [0.3, 0.4) is 0 Å². The summed E-state index contributed by atoms with van der Waals surface area (Å²) in [7, 11) is 1.70. The zero-order valence-electron chi connectivity index (χ0n) is 16.8. The molecule has 2 rings (SSSR count). The quantitative estimate of drug-likeness (QED) is 0.226. The van der Waals surface area contributed by atoms with E-state index < -0.39 is 6.61 Å². The van der Waals surface area contributed by atoms with Gasteiger partial charge in [-0.3, -0.25) is 4.99 Å². The predicted octanol–water partition coefficient (Wildman–Crippen LogP) is 4.23. The van der Waals surface area contributed by atoms with Crippen LogP contribution in [0.25, 0.3) is 0 Å². The number of nitrogens with zero attached hydrogens (tertiary/aromatic N) is 2. The first kappa shape index (κ1) is 24.9. The Balaban J connectivity index is 0.00000392. The fourth-order valence-electron chi connectivity index (χ4n) is 3.40. The molecule has 1 atom stereocenters. The summed E-state index contributed by atoms with van der Waals surface area (Å²) in [5, 5.41) is 6.43. The summed E-state index contributed by atoms with van der Waals surface area (Å²) in [6.45, 7) is 3.06. The summed E-state index contributed by atoms with van der Waals surface area (Å²) in [6, 6.07) is 7.49. The van der Waals surface area contributed by atoms with Crippen LogP contribution in [0.5, 0.6) is 5.75 Å². The summed E-state index contributed by atoms with van der Waals surface area (Å²) < 4.78 is 29.5. The fourth-order valence-corrected chi connectivity index (χ4v) is 3.40. The Bertz CT molecular complexity index is 589. The standard InChI is InChI=1S/C20H32F2N4O.HI/c1-16-9-5-7-13-26(16)14-8-6-12-24-20(23-2)25-15-17-10-3-4-11-18(17)27-19(21)22;/h3-4,10-11,16,19H,5-9,12-15H2,1-2H3,(H2,23,24,25);1H. The Labute approximate surface area is 184 Å². The van der Waals surface area contributed by atoms with Crippen LogP contribution < -0.4 is 15.4 Å². The number of piperidine rings is 1. The average Bonchev–Trinajstić information content (AvgIpc) is 2.66. The van der Waals surface area contributed by atoms with Gasteiger partial charge in [0.2, 0.25) is 0 Å².